The second-order valence-electron chi connectivity index (χ2n) is 5.62. The van der Waals surface area contributed by atoms with Crippen molar-refractivity contribution in [2.75, 3.05) is 19.6 Å². The Balaban J connectivity index is 2.20. The van der Waals surface area contributed by atoms with E-state index in [2.05, 4.69) is 47.6 Å². The van der Waals surface area contributed by atoms with Crippen molar-refractivity contribution in [2.24, 2.45) is 0 Å². The molecule has 2 heterocycles. The lowest BCUT2D eigenvalue weighted by Crippen LogP contribution is -2.26. The lowest BCUT2D eigenvalue weighted by Gasteiger charge is -2.18. The van der Waals surface area contributed by atoms with Crippen LogP contribution >= 0.6 is 11.3 Å². The summed E-state index contributed by atoms with van der Waals surface area (Å²) in [5.74, 6) is 0. The Bertz CT molecular complexity index is 859. The topological polar surface area (TPSA) is 25.2 Å². The van der Waals surface area contributed by atoms with E-state index >= 15 is 0 Å². The van der Waals surface area contributed by atoms with Crippen molar-refractivity contribution in [3.05, 3.63) is 45.4 Å². The fourth-order valence-corrected chi connectivity index (χ4v) is 4.24. The predicted molar refractivity (Wildman–Crippen MR) is 96.1 cm³/mol. The minimum Gasteiger partial charge on any atom is -0.331 e. The Hall–Kier alpha value is -1.65. The molecule has 3 rings (SSSR count). The molecule has 0 N–H and O–H groups in total. The number of likely N-dealkylation sites (N-methyl/N-ethyl adjacent to an activating group) is 1. The summed E-state index contributed by atoms with van der Waals surface area (Å²) in [5, 5.41) is 2.49. The van der Waals surface area contributed by atoms with Gasteiger partial charge in [-0.25, -0.2) is 0 Å². The van der Waals surface area contributed by atoms with Crippen LogP contribution in [0.5, 0.6) is 0 Å². The quantitative estimate of drug-likeness (QED) is 0.714. The largest absolute Gasteiger partial charge is 0.331 e. The van der Waals surface area contributed by atoms with Crippen molar-refractivity contribution in [2.45, 2.75) is 27.3 Å². The van der Waals surface area contributed by atoms with E-state index in [1.807, 2.05) is 6.92 Å². The van der Waals surface area contributed by atoms with Crippen LogP contribution in [0.15, 0.2) is 35.1 Å². The van der Waals surface area contributed by atoms with E-state index in [1.54, 1.807) is 6.07 Å². The van der Waals surface area contributed by atoms with Crippen molar-refractivity contribution in [1.82, 2.24) is 9.47 Å². The number of aryl methyl sites for hydroxylation is 1. The molecule has 0 bridgehead atoms. The number of nitrogens with zero attached hydrogens (tertiary/aromatic N) is 2. The van der Waals surface area contributed by atoms with Crippen LogP contribution < -0.4 is 4.74 Å². The normalized spacial score (nSPS) is 11.8. The molecule has 0 saturated carbocycles. The molecule has 0 fully saturated rings. The first-order valence-electron chi connectivity index (χ1n) is 7.89. The van der Waals surface area contributed by atoms with Gasteiger partial charge in [-0.1, -0.05) is 43.4 Å². The summed E-state index contributed by atoms with van der Waals surface area (Å²) in [7, 11) is 0. The number of hydrogen-bond donors (Lipinski definition) is 0. The number of benzene rings is 1. The van der Waals surface area contributed by atoms with E-state index in [4.69, 9.17) is 0 Å². The van der Waals surface area contributed by atoms with Crippen LogP contribution in [0.25, 0.3) is 21.1 Å². The van der Waals surface area contributed by atoms with Crippen molar-refractivity contribution in [3.8, 4) is 0 Å². The molecule has 0 spiro atoms. The van der Waals surface area contributed by atoms with E-state index in [0.717, 1.165) is 36.6 Å². The Morgan fingerprint density at radius 3 is 2.64 bits per heavy atom. The highest BCUT2D eigenvalue weighted by Crippen LogP contribution is 2.32. The molecule has 0 radical (unpaired) electrons. The van der Waals surface area contributed by atoms with E-state index in [1.165, 1.54) is 27.6 Å². The maximum absolute atomic E-state index is 12.0. The van der Waals surface area contributed by atoms with Gasteiger partial charge < -0.3 is 9.47 Å². The first-order valence-corrected chi connectivity index (χ1v) is 8.71. The Labute approximate surface area is 134 Å². The molecule has 4 heteroatoms. The van der Waals surface area contributed by atoms with Gasteiger partial charge in [0.05, 0.1) is 0 Å². The van der Waals surface area contributed by atoms with Gasteiger partial charge >= 0.3 is 0 Å². The zero-order valence-corrected chi connectivity index (χ0v) is 14.2. The number of hydrogen-bond acceptors (Lipinski definition) is 3. The molecular formula is C18H22N2OS. The zero-order chi connectivity index (χ0) is 15.7. The summed E-state index contributed by atoms with van der Waals surface area (Å²) in [5.41, 5.74) is 2.31. The van der Waals surface area contributed by atoms with Crippen LogP contribution in [-0.2, 0) is 6.54 Å². The summed E-state index contributed by atoms with van der Waals surface area (Å²) in [6.45, 7) is 10.5. The second kappa shape index (κ2) is 6.23. The number of para-hydroxylation sites is 1. The summed E-state index contributed by atoms with van der Waals surface area (Å²) in [6.07, 6.45) is 0. The highest BCUT2D eigenvalue weighted by molar-refractivity contribution is 7.16. The Morgan fingerprint density at radius 1 is 1.18 bits per heavy atom. The second-order valence-corrected chi connectivity index (χ2v) is 6.62. The summed E-state index contributed by atoms with van der Waals surface area (Å²) in [4.78, 5) is 15.5. The summed E-state index contributed by atoms with van der Waals surface area (Å²) in [6, 6.07) is 10.2. The van der Waals surface area contributed by atoms with Gasteiger partial charge in [0.25, 0.3) is 0 Å². The fourth-order valence-electron chi connectivity index (χ4n) is 3.14. The minimum absolute atomic E-state index is 0.136. The third kappa shape index (κ3) is 2.57. The van der Waals surface area contributed by atoms with Crippen molar-refractivity contribution in [1.29, 1.82) is 0 Å². The van der Waals surface area contributed by atoms with Crippen LogP contribution in [0.2, 0.25) is 0 Å². The molecule has 22 heavy (non-hydrogen) atoms. The van der Waals surface area contributed by atoms with Crippen LogP contribution in [0.3, 0.4) is 0 Å². The first-order chi connectivity index (χ1) is 10.7. The van der Waals surface area contributed by atoms with E-state index < -0.39 is 0 Å². The van der Waals surface area contributed by atoms with Gasteiger partial charge in [-0.3, -0.25) is 4.79 Å². The Kier molecular flexibility index (Phi) is 4.32. The summed E-state index contributed by atoms with van der Waals surface area (Å²) >= 11 is 1.36. The van der Waals surface area contributed by atoms with Gasteiger partial charge in [0.2, 0.25) is 4.74 Å². The maximum atomic E-state index is 12.0. The van der Waals surface area contributed by atoms with Gasteiger partial charge in [0.1, 0.15) is 4.83 Å². The van der Waals surface area contributed by atoms with E-state index in [-0.39, 0.29) is 4.74 Å². The lowest BCUT2D eigenvalue weighted by molar-refractivity contribution is 0.293. The van der Waals surface area contributed by atoms with Crippen molar-refractivity contribution >= 4 is 32.5 Å². The molecular weight excluding hydrogens is 292 g/mol. The maximum Gasteiger partial charge on any atom is 0.234 e. The van der Waals surface area contributed by atoms with Gasteiger partial charge in [-0.2, -0.15) is 0 Å². The van der Waals surface area contributed by atoms with Crippen LogP contribution in [-0.4, -0.2) is 29.1 Å². The molecule has 0 aliphatic heterocycles. The average molecular weight is 314 g/mol. The molecule has 3 aromatic rings. The van der Waals surface area contributed by atoms with Crippen LogP contribution in [0, 0.1) is 6.92 Å². The SMILES string of the molecule is CCN(CC)CCn1c2ccccc2c2c(C)cc(=O)sc21. The molecule has 3 nitrogen and oxygen atoms in total. The van der Waals surface area contributed by atoms with Gasteiger partial charge in [0.15, 0.2) is 0 Å². The molecule has 1 aromatic carbocycles. The molecule has 2 aromatic heterocycles. The molecule has 0 amide bonds. The van der Waals surface area contributed by atoms with Crippen molar-refractivity contribution in [3.63, 3.8) is 0 Å². The highest BCUT2D eigenvalue weighted by atomic mass is 32.1. The van der Waals surface area contributed by atoms with Gasteiger partial charge in [-0.15, -0.1) is 0 Å². The minimum atomic E-state index is 0.136. The summed E-state index contributed by atoms with van der Waals surface area (Å²) < 4.78 is 2.46. The third-order valence-electron chi connectivity index (χ3n) is 4.38. The van der Waals surface area contributed by atoms with Crippen molar-refractivity contribution < 1.29 is 0 Å². The van der Waals surface area contributed by atoms with Crippen LogP contribution in [0.4, 0.5) is 0 Å². The molecule has 0 atom stereocenters. The molecule has 0 aliphatic rings. The average Bonchev–Trinajstić information content (AvgIpc) is 2.82. The smallest absolute Gasteiger partial charge is 0.234 e. The monoisotopic (exact) mass is 314 g/mol. The Morgan fingerprint density at radius 2 is 1.91 bits per heavy atom. The van der Waals surface area contributed by atoms with Crippen LogP contribution in [0.1, 0.15) is 19.4 Å². The number of aromatic nitrogens is 1. The molecule has 0 aliphatic carbocycles. The first kappa shape index (κ1) is 15.3. The van der Waals surface area contributed by atoms with E-state index in [9.17, 15) is 4.79 Å². The predicted octanol–water partition coefficient (Wildman–Crippen LogP) is 3.87. The standard InChI is InChI=1S/C18H22N2OS/c1-4-19(5-2)10-11-20-15-9-7-6-8-14(15)17-13(3)12-16(21)22-18(17)20/h6-9,12H,4-5,10-11H2,1-3H3. The molecule has 0 unspecified atom stereocenters. The fraction of sp³-hybridized carbons (Fsp3) is 0.389. The zero-order valence-electron chi connectivity index (χ0n) is 13.4. The third-order valence-corrected chi connectivity index (χ3v) is 5.32. The molecule has 116 valence electrons. The lowest BCUT2D eigenvalue weighted by atomic mass is 10.1. The van der Waals surface area contributed by atoms with E-state index in [0.29, 0.717) is 0 Å². The number of fused-ring (bicyclic) bond motifs is 3. The molecule has 0 saturated heterocycles. The van der Waals surface area contributed by atoms with Gasteiger partial charge in [0, 0.05) is 29.4 Å². The highest BCUT2D eigenvalue weighted by Gasteiger charge is 2.14. The number of rotatable bonds is 5. The van der Waals surface area contributed by atoms with Gasteiger partial charge in [-0.05, 0) is 37.7 Å².